The predicted molar refractivity (Wildman–Crippen MR) is 136 cm³/mol. The predicted octanol–water partition coefficient (Wildman–Crippen LogP) is 4.10. The van der Waals surface area contributed by atoms with Crippen LogP contribution >= 0.6 is 0 Å². The third kappa shape index (κ3) is 4.94. The Morgan fingerprint density at radius 3 is 1.66 bits per heavy atom. The maximum absolute atomic E-state index is 12.8. The van der Waals surface area contributed by atoms with Crippen LogP contribution in [0.5, 0.6) is 0 Å². The number of nitrogens with one attached hydrogen (secondary N) is 2. The second kappa shape index (κ2) is 9.93. The van der Waals surface area contributed by atoms with E-state index in [2.05, 4.69) is 19.8 Å². The summed E-state index contributed by atoms with van der Waals surface area (Å²) >= 11 is 0. The molecule has 1 saturated carbocycles. The van der Waals surface area contributed by atoms with Crippen molar-refractivity contribution >= 4 is 45.0 Å². The summed E-state index contributed by atoms with van der Waals surface area (Å²) < 4.78 is 14.6. The minimum Gasteiger partial charge on any atom is -0.383 e. The number of ether oxygens (including phenoxy) is 2. The number of nitrogens with zero attached hydrogens (tertiary/aromatic N) is 2. The van der Waals surface area contributed by atoms with Crippen LogP contribution in [-0.4, -0.2) is 48.4 Å². The van der Waals surface area contributed by atoms with Crippen LogP contribution in [0.3, 0.4) is 0 Å². The van der Waals surface area contributed by atoms with Crippen molar-refractivity contribution in [1.29, 1.82) is 0 Å². The molecule has 2 aromatic carbocycles. The highest BCUT2D eigenvalue weighted by atomic mass is 16.5. The van der Waals surface area contributed by atoms with Gasteiger partial charge in [0.25, 0.3) is 0 Å². The molecule has 1 fully saturated rings. The van der Waals surface area contributed by atoms with Gasteiger partial charge >= 0.3 is 0 Å². The van der Waals surface area contributed by atoms with Crippen molar-refractivity contribution in [1.82, 2.24) is 9.13 Å². The molecule has 1 aliphatic carbocycles. The molecule has 4 aromatic rings. The Labute approximate surface area is 203 Å². The van der Waals surface area contributed by atoms with Crippen LogP contribution in [0, 0.1) is 11.8 Å². The average molecular weight is 475 g/mol. The average Bonchev–Trinajstić information content (AvgIpc) is 3.43. The Balaban J connectivity index is 1.17. The zero-order valence-electron chi connectivity index (χ0n) is 20.0. The lowest BCUT2D eigenvalue weighted by atomic mass is 10.2. The number of amides is 2. The van der Waals surface area contributed by atoms with Crippen LogP contribution in [0.4, 0.5) is 11.4 Å². The van der Waals surface area contributed by atoms with Gasteiger partial charge in [-0.1, -0.05) is 0 Å². The third-order valence-electron chi connectivity index (χ3n) is 6.61. The van der Waals surface area contributed by atoms with E-state index in [9.17, 15) is 9.59 Å². The molecule has 5 rings (SSSR count). The first-order valence-corrected chi connectivity index (χ1v) is 11.8. The summed E-state index contributed by atoms with van der Waals surface area (Å²) in [5.74, 6) is -0.852. The number of aromatic nitrogens is 2. The first-order chi connectivity index (χ1) is 17.1. The van der Waals surface area contributed by atoms with Crippen molar-refractivity contribution in [3.63, 3.8) is 0 Å². The van der Waals surface area contributed by atoms with Crippen molar-refractivity contribution in [2.24, 2.45) is 11.8 Å². The molecular formula is C27H30N4O4. The normalized spacial score (nSPS) is 17.1. The van der Waals surface area contributed by atoms with E-state index < -0.39 is 0 Å². The molecule has 182 valence electrons. The number of hydrogen-bond donors (Lipinski definition) is 2. The number of carbonyl (C=O) groups is 2. The van der Waals surface area contributed by atoms with E-state index in [1.54, 1.807) is 14.2 Å². The lowest BCUT2D eigenvalue weighted by Gasteiger charge is -2.08. The summed E-state index contributed by atoms with van der Waals surface area (Å²) in [7, 11) is 3.37. The first kappa shape index (κ1) is 23.1. The number of anilines is 2. The lowest BCUT2D eigenvalue weighted by molar-refractivity contribution is -0.122. The van der Waals surface area contributed by atoms with Crippen LogP contribution in [0.15, 0.2) is 60.9 Å². The van der Waals surface area contributed by atoms with E-state index in [-0.39, 0.29) is 23.7 Å². The number of rotatable bonds is 10. The molecule has 2 atom stereocenters. The highest BCUT2D eigenvalue weighted by Gasteiger charge is 2.48. The SMILES string of the molecule is COCCn1ccc2cc(NC(=O)C3CC3C(=O)Nc3ccc4c(ccn4CCOC)c3)ccc21. The monoisotopic (exact) mass is 474 g/mol. The van der Waals surface area contributed by atoms with Gasteiger partial charge in [-0.05, 0) is 55.0 Å². The molecule has 8 heteroatoms. The molecule has 35 heavy (non-hydrogen) atoms. The number of hydrogen-bond acceptors (Lipinski definition) is 4. The fourth-order valence-electron chi connectivity index (χ4n) is 4.57. The van der Waals surface area contributed by atoms with Gasteiger partial charge in [0.2, 0.25) is 11.8 Å². The van der Waals surface area contributed by atoms with Crippen LogP contribution < -0.4 is 10.6 Å². The van der Waals surface area contributed by atoms with Crippen molar-refractivity contribution in [2.45, 2.75) is 19.5 Å². The molecule has 2 heterocycles. The zero-order valence-corrected chi connectivity index (χ0v) is 20.0. The Bertz CT molecular complexity index is 1270. The molecule has 0 saturated heterocycles. The summed E-state index contributed by atoms with van der Waals surface area (Å²) in [6, 6.07) is 15.8. The molecule has 2 amide bonds. The number of carbonyl (C=O) groups excluding carboxylic acids is 2. The number of fused-ring (bicyclic) bond motifs is 2. The molecule has 2 N–H and O–H groups in total. The van der Waals surface area contributed by atoms with Crippen molar-refractivity contribution in [2.75, 3.05) is 38.1 Å². The van der Waals surface area contributed by atoms with Gasteiger partial charge in [-0.3, -0.25) is 9.59 Å². The minimum atomic E-state index is -0.309. The van der Waals surface area contributed by atoms with Gasteiger partial charge in [-0.25, -0.2) is 0 Å². The Kier molecular flexibility index (Phi) is 6.57. The van der Waals surface area contributed by atoms with Gasteiger partial charge in [0, 0.05) is 72.9 Å². The van der Waals surface area contributed by atoms with Crippen molar-refractivity contribution in [3.8, 4) is 0 Å². The molecular weight excluding hydrogens is 444 g/mol. The number of benzene rings is 2. The minimum absolute atomic E-state index is 0.117. The number of methoxy groups -OCH3 is 2. The molecule has 0 aliphatic heterocycles. The van der Waals surface area contributed by atoms with Gasteiger partial charge in [-0.2, -0.15) is 0 Å². The smallest absolute Gasteiger partial charge is 0.228 e. The quantitative estimate of drug-likeness (QED) is 0.362. The van der Waals surface area contributed by atoms with Gasteiger partial charge in [-0.15, -0.1) is 0 Å². The lowest BCUT2D eigenvalue weighted by Crippen LogP contribution is -2.20. The standard InChI is InChI=1S/C27H30N4O4/c1-34-13-11-30-9-7-18-15-20(3-5-24(18)30)28-26(32)22-17-23(22)27(33)29-21-4-6-25-19(16-21)8-10-31(25)12-14-35-2/h3-10,15-16,22-23H,11-14,17H2,1-2H3,(H,28,32)(H,29,33). The van der Waals surface area contributed by atoms with E-state index in [0.29, 0.717) is 19.6 Å². The highest BCUT2D eigenvalue weighted by Crippen LogP contribution is 2.40. The third-order valence-corrected chi connectivity index (χ3v) is 6.61. The zero-order chi connectivity index (χ0) is 24.4. The van der Waals surface area contributed by atoms with Gasteiger partial charge in [0.05, 0.1) is 25.0 Å². The van der Waals surface area contributed by atoms with E-state index in [1.165, 1.54) is 0 Å². The molecule has 8 nitrogen and oxygen atoms in total. The van der Waals surface area contributed by atoms with Crippen LogP contribution in [0.2, 0.25) is 0 Å². The summed E-state index contributed by atoms with van der Waals surface area (Å²) in [5, 5.41) is 8.05. The molecule has 2 aromatic heterocycles. The van der Waals surface area contributed by atoms with Gasteiger partial charge in [0.1, 0.15) is 0 Å². The van der Waals surface area contributed by atoms with Crippen molar-refractivity contribution in [3.05, 3.63) is 60.9 Å². The maximum atomic E-state index is 12.8. The second-order valence-electron chi connectivity index (χ2n) is 8.98. The van der Waals surface area contributed by atoms with Gasteiger partial charge < -0.3 is 29.2 Å². The summed E-state index contributed by atoms with van der Waals surface area (Å²) in [6.45, 7) is 2.83. The summed E-state index contributed by atoms with van der Waals surface area (Å²) in [4.78, 5) is 25.5. The van der Waals surface area contributed by atoms with Crippen molar-refractivity contribution < 1.29 is 19.1 Å². The highest BCUT2D eigenvalue weighted by molar-refractivity contribution is 6.04. The fourth-order valence-corrected chi connectivity index (χ4v) is 4.57. The van der Waals surface area contributed by atoms with Crippen LogP contribution in [-0.2, 0) is 32.2 Å². The topological polar surface area (TPSA) is 86.5 Å². The molecule has 0 spiro atoms. The summed E-state index contributed by atoms with van der Waals surface area (Å²) in [5.41, 5.74) is 3.66. The van der Waals surface area contributed by atoms with E-state index in [0.717, 1.165) is 46.3 Å². The second-order valence-corrected chi connectivity index (χ2v) is 8.98. The van der Waals surface area contributed by atoms with Crippen LogP contribution in [0.1, 0.15) is 6.42 Å². The molecule has 2 unspecified atom stereocenters. The Morgan fingerprint density at radius 2 is 1.23 bits per heavy atom. The Morgan fingerprint density at radius 1 is 0.771 bits per heavy atom. The maximum Gasteiger partial charge on any atom is 0.228 e. The largest absolute Gasteiger partial charge is 0.383 e. The molecule has 0 radical (unpaired) electrons. The van der Waals surface area contributed by atoms with Crippen LogP contribution in [0.25, 0.3) is 21.8 Å². The summed E-state index contributed by atoms with van der Waals surface area (Å²) in [6.07, 6.45) is 4.59. The fraction of sp³-hybridized carbons (Fsp3) is 0.333. The van der Waals surface area contributed by atoms with E-state index >= 15 is 0 Å². The van der Waals surface area contributed by atoms with E-state index in [1.807, 2.05) is 60.9 Å². The van der Waals surface area contributed by atoms with Gasteiger partial charge in [0.15, 0.2) is 0 Å². The molecule has 0 bridgehead atoms. The molecule has 1 aliphatic rings. The first-order valence-electron chi connectivity index (χ1n) is 11.8. The van der Waals surface area contributed by atoms with E-state index in [4.69, 9.17) is 9.47 Å². The Hall–Kier alpha value is -3.62.